The summed E-state index contributed by atoms with van der Waals surface area (Å²) in [6, 6.07) is 0.408. The molecule has 2 aliphatic rings. The maximum absolute atomic E-state index is 13.0. The molecule has 1 aliphatic heterocycles. The van der Waals surface area contributed by atoms with Crippen LogP contribution in [0.4, 0.5) is 0 Å². The van der Waals surface area contributed by atoms with Crippen molar-refractivity contribution in [1.82, 2.24) is 10.2 Å². The molecule has 1 N–H and O–H groups in total. The zero-order chi connectivity index (χ0) is 15.9. The van der Waals surface area contributed by atoms with Crippen LogP contribution in [0.15, 0.2) is 0 Å². The van der Waals surface area contributed by atoms with Crippen LogP contribution in [0.3, 0.4) is 0 Å². The minimum Gasteiger partial charge on any atom is -0.379 e. The number of morpholine rings is 1. The van der Waals surface area contributed by atoms with E-state index in [0.29, 0.717) is 12.0 Å². The zero-order valence-corrected chi connectivity index (χ0v) is 14.6. The molecule has 0 radical (unpaired) electrons. The molecule has 3 atom stereocenters. The highest BCUT2D eigenvalue weighted by Gasteiger charge is 2.34. The fraction of sp³-hybridized carbons (Fsp3) is 0.944. The topological polar surface area (TPSA) is 41.6 Å². The highest BCUT2D eigenvalue weighted by atomic mass is 16.5. The molecule has 0 spiro atoms. The number of carbonyl (C=O) groups excluding carboxylic acids is 1. The summed E-state index contributed by atoms with van der Waals surface area (Å²) in [5.41, 5.74) is 0. The Morgan fingerprint density at radius 1 is 1.23 bits per heavy atom. The lowest BCUT2D eigenvalue weighted by Crippen LogP contribution is -2.56. The SMILES string of the molecule is CCC(CC)[C@H](C(=O)N[C@@H]1CCC[C@@H](C)C1)N1CCOCC1. The second-order valence-electron chi connectivity index (χ2n) is 7.15. The van der Waals surface area contributed by atoms with Gasteiger partial charge in [-0.05, 0) is 24.7 Å². The highest BCUT2D eigenvalue weighted by Crippen LogP contribution is 2.25. The van der Waals surface area contributed by atoms with Gasteiger partial charge in [0.2, 0.25) is 5.91 Å². The van der Waals surface area contributed by atoms with Gasteiger partial charge in [-0.1, -0.05) is 46.5 Å². The van der Waals surface area contributed by atoms with Crippen LogP contribution in [0, 0.1) is 11.8 Å². The van der Waals surface area contributed by atoms with Crippen LogP contribution in [0.5, 0.6) is 0 Å². The molecule has 1 saturated heterocycles. The van der Waals surface area contributed by atoms with Gasteiger partial charge < -0.3 is 10.1 Å². The quantitative estimate of drug-likeness (QED) is 0.820. The third-order valence-electron chi connectivity index (χ3n) is 5.49. The van der Waals surface area contributed by atoms with E-state index in [9.17, 15) is 4.79 Å². The van der Waals surface area contributed by atoms with Gasteiger partial charge in [-0.25, -0.2) is 0 Å². The predicted molar refractivity (Wildman–Crippen MR) is 89.8 cm³/mol. The molecule has 0 aromatic heterocycles. The van der Waals surface area contributed by atoms with Gasteiger partial charge in [0.05, 0.1) is 19.3 Å². The van der Waals surface area contributed by atoms with E-state index in [1.54, 1.807) is 0 Å². The van der Waals surface area contributed by atoms with Crippen LogP contribution >= 0.6 is 0 Å². The predicted octanol–water partition coefficient (Wildman–Crippen LogP) is 2.82. The summed E-state index contributed by atoms with van der Waals surface area (Å²) in [5, 5.41) is 3.37. The standard InChI is InChI=1S/C18H34N2O2/c1-4-15(5-2)17(20-9-11-22-12-10-20)18(21)19-16-8-6-7-14(3)13-16/h14-17H,4-13H2,1-3H3,(H,19,21)/t14-,16-,17-/m1/s1. The lowest BCUT2D eigenvalue weighted by Gasteiger charge is -2.39. The van der Waals surface area contributed by atoms with Crippen molar-refractivity contribution in [3.05, 3.63) is 0 Å². The number of hydrogen-bond donors (Lipinski definition) is 1. The second kappa shape index (κ2) is 8.88. The van der Waals surface area contributed by atoms with E-state index in [1.165, 1.54) is 12.8 Å². The number of hydrogen-bond acceptors (Lipinski definition) is 3. The molecule has 128 valence electrons. The summed E-state index contributed by atoms with van der Waals surface area (Å²) in [4.78, 5) is 15.3. The Hall–Kier alpha value is -0.610. The fourth-order valence-electron chi connectivity index (χ4n) is 4.12. The maximum Gasteiger partial charge on any atom is 0.237 e. The minimum absolute atomic E-state index is 0.0242. The molecule has 0 aromatic rings. The molecule has 1 amide bonds. The Balaban J connectivity index is 2.00. The van der Waals surface area contributed by atoms with Gasteiger partial charge in [-0.15, -0.1) is 0 Å². The second-order valence-corrected chi connectivity index (χ2v) is 7.15. The first-order valence-electron chi connectivity index (χ1n) is 9.27. The number of ether oxygens (including phenoxy) is 1. The third-order valence-corrected chi connectivity index (χ3v) is 5.49. The molecular formula is C18H34N2O2. The summed E-state index contributed by atoms with van der Waals surface area (Å²) >= 11 is 0. The lowest BCUT2D eigenvalue weighted by molar-refractivity contribution is -0.131. The van der Waals surface area contributed by atoms with E-state index in [0.717, 1.165) is 57.9 Å². The zero-order valence-electron chi connectivity index (χ0n) is 14.6. The molecule has 0 bridgehead atoms. The highest BCUT2D eigenvalue weighted by molar-refractivity contribution is 5.82. The average Bonchev–Trinajstić information content (AvgIpc) is 2.53. The Morgan fingerprint density at radius 2 is 1.91 bits per heavy atom. The molecule has 0 aromatic carbocycles. The fourth-order valence-corrected chi connectivity index (χ4v) is 4.12. The van der Waals surface area contributed by atoms with Crippen LogP contribution in [-0.4, -0.2) is 49.2 Å². The Bertz CT molecular complexity index is 338. The molecule has 1 saturated carbocycles. The number of nitrogens with zero attached hydrogens (tertiary/aromatic N) is 1. The van der Waals surface area contributed by atoms with Crippen molar-refractivity contribution in [3.63, 3.8) is 0 Å². The van der Waals surface area contributed by atoms with E-state index >= 15 is 0 Å². The van der Waals surface area contributed by atoms with Gasteiger partial charge in [0.25, 0.3) is 0 Å². The largest absolute Gasteiger partial charge is 0.379 e. The molecule has 0 unspecified atom stereocenters. The molecule has 4 nitrogen and oxygen atoms in total. The van der Waals surface area contributed by atoms with E-state index in [1.807, 2.05) is 0 Å². The van der Waals surface area contributed by atoms with Gasteiger partial charge in [-0.2, -0.15) is 0 Å². The van der Waals surface area contributed by atoms with Crippen molar-refractivity contribution in [1.29, 1.82) is 0 Å². The Kier molecular flexibility index (Phi) is 7.16. The van der Waals surface area contributed by atoms with Crippen LogP contribution in [0.25, 0.3) is 0 Å². The van der Waals surface area contributed by atoms with Gasteiger partial charge >= 0.3 is 0 Å². The van der Waals surface area contributed by atoms with Crippen molar-refractivity contribution in [3.8, 4) is 0 Å². The smallest absolute Gasteiger partial charge is 0.237 e. The van der Waals surface area contributed by atoms with Crippen molar-refractivity contribution in [2.45, 2.75) is 71.4 Å². The summed E-state index contributed by atoms with van der Waals surface area (Å²) < 4.78 is 5.47. The van der Waals surface area contributed by atoms with Crippen molar-refractivity contribution >= 4 is 5.91 Å². The van der Waals surface area contributed by atoms with Crippen LogP contribution < -0.4 is 5.32 Å². The first kappa shape index (κ1) is 17.7. The molecule has 2 rings (SSSR count). The molecule has 1 heterocycles. The van der Waals surface area contributed by atoms with E-state index in [-0.39, 0.29) is 11.9 Å². The van der Waals surface area contributed by atoms with Crippen LogP contribution in [0.2, 0.25) is 0 Å². The normalized spacial score (nSPS) is 28.5. The Morgan fingerprint density at radius 3 is 2.50 bits per heavy atom. The Labute approximate surface area is 136 Å². The van der Waals surface area contributed by atoms with Crippen molar-refractivity contribution < 1.29 is 9.53 Å². The number of amides is 1. The monoisotopic (exact) mass is 310 g/mol. The van der Waals surface area contributed by atoms with E-state index < -0.39 is 0 Å². The van der Waals surface area contributed by atoms with Crippen molar-refractivity contribution in [2.75, 3.05) is 26.3 Å². The van der Waals surface area contributed by atoms with Gasteiger partial charge in [0.1, 0.15) is 0 Å². The first-order chi connectivity index (χ1) is 10.7. The third kappa shape index (κ3) is 4.69. The molecule has 4 heteroatoms. The summed E-state index contributed by atoms with van der Waals surface area (Å²) in [7, 11) is 0. The van der Waals surface area contributed by atoms with Gasteiger partial charge in [0, 0.05) is 19.1 Å². The number of nitrogens with one attached hydrogen (secondary N) is 1. The molecule has 22 heavy (non-hydrogen) atoms. The first-order valence-corrected chi connectivity index (χ1v) is 9.27. The van der Waals surface area contributed by atoms with Gasteiger partial charge in [-0.3, -0.25) is 9.69 Å². The lowest BCUT2D eigenvalue weighted by atomic mass is 9.86. The molecule has 1 aliphatic carbocycles. The molecule has 2 fully saturated rings. The van der Waals surface area contributed by atoms with Crippen LogP contribution in [-0.2, 0) is 9.53 Å². The summed E-state index contributed by atoms with van der Waals surface area (Å²) in [6.45, 7) is 9.99. The number of carbonyl (C=O) groups is 1. The van der Waals surface area contributed by atoms with Crippen LogP contribution in [0.1, 0.15) is 59.3 Å². The van der Waals surface area contributed by atoms with Gasteiger partial charge in [0.15, 0.2) is 0 Å². The van der Waals surface area contributed by atoms with Crippen molar-refractivity contribution in [2.24, 2.45) is 11.8 Å². The average molecular weight is 310 g/mol. The van der Waals surface area contributed by atoms with E-state index in [4.69, 9.17) is 4.74 Å². The minimum atomic E-state index is 0.0242. The summed E-state index contributed by atoms with van der Waals surface area (Å²) in [6.07, 6.45) is 6.98. The summed E-state index contributed by atoms with van der Waals surface area (Å²) in [5.74, 6) is 1.45. The van der Waals surface area contributed by atoms with E-state index in [2.05, 4.69) is 31.0 Å². The maximum atomic E-state index is 13.0. The molecular weight excluding hydrogens is 276 g/mol. The number of rotatable bonds is 6.